The van der Waals surface area contributed by atoms with E-state index in [1.807, 2.05) is 4.72 Å². The zero-order valence-corrected chi connectivity index (χ0v) is 15.8. The lowest BCUT2D eigenvalue weighted by Crippen LogP contribution is -2.23. The molecule has 0 saturated carbocycles. The summed E-state index contributed by atoms with van der Waals surface area (Å²) >= 11 is 3.21. The maximum atomic E-state index is 12.0. The molecule has 1 aromatic carbocycles. The van der Waals surface area contributed by atoms with E-state index in [4.69, 9.17) is 14.5 Å². The lowest BCUT2D eigenvalue weighted by Gasteiger charge is -2.05. The van der Waals surface area contributed by atoms with Gasteiger partial charge in [-0.05, 0) is 29.7 Å². The molecule has 22 heavy (non-hydrogen) atoms. The number of rotatable bonds is 7. The van der Waals surface area contributed by atoms with E-state index in [0.29, 0.717) is 17.7 Å². The Morgan fingerprint density at radius 3 is 2.68 bits per heavy atom. The molecule has 3 N–H and O–H groups in total. The first-order valence-corrected chi connectivity index (χ1v) is 11.6. The minimum Gasteiger partial charge on any atom is -0.493 e. The molecular weight excluding hydrogens is 464 g/mol. The second-order valence-electron chi connectivity index (χ2n) is 4.27. The van der Waals surface area contributed by atoms with Gasteiger partial charge in [0.25, 0.3) is 10.0 Å². The van der Waals surface area contributed by atoms with E-state index < -0.39 is 23.9 Å². The van der Waals surface area contributed by atoms with Crippen molar-refractivity contribution in [3.63, 3.8) is 0 Å². The van der Waals surface area contributed by atoms with Gasteiger partial charge in [0.2, 0.25) is 0 Å². The van der Waals surface area contributed by atoms with Gasteiger partial charge in [-0.15, -0.1) is 11.3 Å². The number of nitrogens with one attached hydrogen (secondary N) is 1. The monoisotopic (exact) mass is 477 g/mol. The third kappa shape index (κ3) is 4.88. The van der Waals surface area contributed by atoms with Gasteiger partial charge in [-0.2, -0.15) is 4.72 Å². The Kier molecular flexibility index (Phi) is 5.86. The van der Waals surface area contributed by atoms with Crippen molar-refractivity contribution in [3.8, 4) is 5.75 Å². The van der Waals surface area contributed by atoms with Crippen LogP contribution in [0.15, 0.2) is 28.5 Å². The maximum Gasteiger partial charge on any atom is 0.340 e. The minimum atomic E-state index is -4.44. The number of thiophene rings is 1. The highest BCUT2D eigenvalue weighted by atomic mass is 127. The predicted octanol–water partition coefficient (Wildman–Crippen LogP) is 2.13. The van der Waals surface area contributed by atoms with Gasteiger partial charge in [-0.25, -0.2) is 8.42 Å². The van der Waals surface area contributed by atoms with Crippen LogP contribution in [0.1, 0.15) is 0 Å². The van der Waals surface area contributed by atoms with Crippen LogP contribution in [0.3, 0.4) is 0 Å². The van der Waals surface area contributed by atoms with E-state index in [-0.39, 0.29) is 4.21 Å². The lowest BCUT2D eigenvalue weighted by atomic mass is 10.2. The SMILES string of the molecule is O=P(O)(O)CNS(=O)(=O)c1cc2cc(OCCI)ccc2s1. The quantitative estimate of drug-likeness (QED) is 0.320. The zero-order chi connectivity index (χ0) is 16.4. The number of hydrogen-bond acceptors (Lipinski definition) is 5. The van der Waals surface area contributed by atoms with Crippen LogP contribution in [-0.2, 0) is 14.6 Å². The van der Waals surface area contributed by atoms with Crippen LogP contribution in [0.25, 0.3) is 10.1 Å². The molecule has 0 unspecified atom stereocenters. The third-order valence-electron chi connectivity index (χ3n) is 2.54. The number of sulfonamides is 1. The molecule has 1 heterocycles. The fraction of sp³-hybridized carbons (Fsp3) is 0.273. The van der Waals surface area contributed by atoms with E-state index in [9.17, 15) is 13.0 Å². The second-order valence-corrected chi connectivity index (χ2v) is 10.1. The summed E-state index contributed by atoms with van der Waals surface area (Å²) in [5, 5.41) is 0.701. The Hall–Kier alpha value is -0.230. The molecule has 11 heteroatoms. The van der Waals surface area contributed by atoms with Crippen molar-refractivity contribution in [1.82, 2.24) is 4.72 Å². The van der Waals surface area contributed by atoms with Gasteiger partial charge >= 0.3 is 7.60 Å². The average Bonchev–Trinajstić information content (AvgIpc) is 2.86. The van der Waals surface area contributed by atoms with Crippen LogP contribution in [0, 0.1) is 0 Å². The van der Waals surface area contributed by atoms with Crippen molar-refractivity contribution in [2.75, 3.05) is 17.3 Å². The van der Waals surface area contributed by atoms with E-state index >= 15 is 0 Å². The molecule has 2 rings (SSSR count). The summed E-state index contributed by atoms with van der Waals surface area (Å²) in [6.07, 6.45) is -0.923. The molecule has 0 bridgehead atoms. The minimum absolute atomic E-state index is 0.00184. The maximum absolute atomic E-state index is 12.0. The molecule has 1 aromatic heterocycles. The molecule has 0 aliphatic heterocycles. The second kappa shape index (κ2) is 7.12. The van der Waals surface area contributed by atoms with Gasteiger partial charge < -0.3 is 14.5 Å². The Morgan fingerprint density at radius 2 is 2.05 bits per heavy atom. The topological polar surface area (TPSA) is 113 Å². The van der Waals surface area contributed by atoms with Gasteiger partial charge in [0.1, 0.15) is 16.2 Å². The number of ether oxygens (including phenoxy) is 1. The number of hydrogen-bond donors (Lipinski definition) is 3. The van der Waals surface area contributed by atoms with Crippen molar-refractivity contribution >= 4 is 61.6 Å². The van der Waals surface area contributed by atoms with Gasteiger partial charge in [-0.1, -0.05) is 22.6 Å². The van der Waals surface area contributed by atoms with E-state index in [2.05, 4.69) is 22.6 Å². The molecule has 0 atom stereocenters. The molecule has 0 fully saturated rings. The Balaban J connectivity index is 2.26. The summed E-state index contributed by atoms with van der Waals surface area (Å²) in [6, 6.07) is 6.70. The molecule has 2 aromatic rings. The van der Waals surface area contributed by atoms with Crippen LogP contribution in [0.4, 0.5) is 0 Å². The molecule has 0 aliphatic carbocycles. The molecule has 0 amide bonds. The lowest BCUT2D eigenvalue weighted by molar-refractivity contribution is 0.347. The number of halogens is 1. The molecule has 0 saturated heterocycles. The van der Waals surface area contributed by atoms with Gasteiger partial charge in [0.05, 0.1) is 6.61 Å². The van der Waals surface area contributed by atoms with Crippen molar-refractivity contribution in [2.45, 2.75) is 4.21 Å². The van der Waals surface area contributed by atoms with E-state index in [0.717, 1.165) is 20.5 Å². The summed E-state index contributed by atoms with van der Waals surface area (Å²) in [6.45, 7) is 0.561. The first-order chi connectivity index (χ1) is 10.2. The molecule has 122 valence electrons. The third-order valence-corrected chi connectivity index (χ3v) is 6.75. The summed E-state index contributed by atoms with van der Waals surface area (Å²) in [7, 11) is -8.39. The number of alkyl halides is 1. The normalized spacial score (nSPS) is 12.7. The fourth-order valence-electron chi connectivity index (χ4n) is 1.62. The van der Waals surface area contributed by atoms with Crippen molar-refractivity contribution in [1.29, 1.82) is 0 Å². The van der Waals surface area contributed by atoms with Crippen LogP contribution in [0.5, 0.6) is 5.75 Å². The highest BCUT2D eigenvalue weighted by molar-refractivity contribution is 14.1. The summed E-state index contributed by atoms with van der Waals surface area (Å²) < 4.78 is 43.8. The van der Waals surface area contributed by atoms with Crippen LogP contribution in [0.2, 0.25) is 0 Å². The highest BCUT2D eigenvalue weighted by Crippen LogP contribution is 2.35. The molecule has 0 radical (unpaired) electrons. The zero-order valence-electron chi connectivity index (χ0n) is 11.1. The van der Waals surface area contributed by atoms with Gasteiger partial charge in [-0.3, -0.25) is 4.57 Å². The predicted molar refractivity (Wildman–Crippen MR) is 93.4 cm³/mol. The van der Waals surface area contributed by atoms with Crippen molar-refractivity contribution in [3.05, 3.63) is 24.3 Å². The first-order valence-electron chi connectivity index (χ1n) is 5.98. The van der Waals surface area contributed by atoms with Crippen LogP contribution >= 0.6 is 41.5 Å². The number of benzene rings is 1. The smallest absolute Gasteiger partial charge is 0.340 e. The average molecular weight is 477 g/mol. The van der Waals surface area contributed by atoms with Crippen LogP contribution in [-0.4, -0.2) is 35.5 Å². The van der Waals surface area contributed by atoms with Crippen LogP contribution < -0.4 is 9.46 Å². The highest BCUT2D eigenvalue weighted by Gasteiger charge is 2.22. The molecule has 7 nitrogen and oxygen atoms in total. The molecule has 0 spiro atoms. The van der Waals surface area contributed by atoms with Gasteiger partial charge in [0, 0.05) is 9.13 Å². The Labute approximate surface area is 145 Å². The fourth-order valence-corrected chi connectivity index (χ4v) is 5.27. The Bertz CT molecular complexity index is 815. The van der Waals surface area contributed by atoms with E-state index in [1.165, 1.54) is 6.07 Å². The van der Waals surface area contributed by atoms with Crippen molar-refractivity contribution in [2.24, 2.45) is 0 Å². The van der Waals surface area contributed by atoms with Gasteiger partial charge in [0.15, 0.2) is 0 Å². The molecular formula is C11H13INO6PS2. The Morgan fingerprint density at radius 1 is 1.32 bits per heavy atom. The molecule has 0 aliphatic rings. The standard InChI is InChI=1S/C11H13INO6PS2/c12-3-4-19-9-1-2-10-8(5-9)6-11(21-10)22(17,18)13-7-20(14,15)16/h1-2,5-6,13H,3-4,7H2,(H2,14,15,16). The van der Waals surface area contributed by atoms with E-state index in [1.54, 1.807) is 18.2 Å². The largest absolute Gasteiger partial charge is 0.493 e. The first kappa shape index (κ1) is 18.1. The van der Waals surface area contributed by atoms with Crippen molar-refractivity contribution < 1.29 is 27.5 Å². The summed E-state index contributed by atoms with van der Waals surface area (Å²) in [5.41, 5.74) is 0. The number of fused-ring (bicyclic) bond motifs is 1. The summed E-state index contributed by atoms with van der Waals surface area (Å²) in [4.78, 5) is 17.5. The summed E-state index contributed by atoms with van der Waals surface area (Å²) in [5.74, 6) is 0.647.